The van der Waals surface area contributed by atoms with Crippen molar-refractivity contribution in [3.63, 3.8) is 0 Å². The zero-order chi connectivity index (χ0) is 8.39. The second-order valence-corrected chi connectivity index (χ2v) is 3.62. The van der Waals surface area contributed by atoms with Crippen LogP contribution in [-0.4, -0.2) is 17.7 Å². The molecule has 0 radical (unpaired) electrons. The summed E-state index contributed by atoms with van der Waals surface area (Å²) < 4.78 is 2.36. The summed E-state index contributed by atoms with van der Waals surface area (Å²) in [6.45, 7) is 4.49. The molecule has 0 aliphatic carbocycles. The van der Waals surface area contributed by atoms with Gasteiger partial charge in [-0.15, -0.1) is 0 Å². The van der Waals surface area contributed by atoms with E-state index in [2.05, 4.69) is 35.3 Å². The van der Waals surface area contributed by atoms with Gasteiger partial charge in [0.2, 0.25) is 0 Å². The fraction of sp³-hybridized carbons (Fsp3) is 0.600. The highest BCUT2D eigenvalue weighted by atomic mass is 15.0. The van der Waals surface area contributed by atoms with Crippen LogP contribution in [0.3, 0.4) is 0 Å². The third-order valence-electron chi connectivity index (χ3n) is 2.59. The van der Waals surface area contributed by atoms with Crippen LogP contribution in [0.1, 0.15) is 24.4 Å². The molecule has 0 saturated carbocycles. The normalized spacial score (nSPS) is 19.8. The summed E-state index contributed by atoms with van der Waals surface area (Å²) in [5.41, 5.74) is 1.37. The maximum Gasteiger partial charge on any atom is 0.0354 e. The van der Waals surface area contributed by atoms with Crippen molar-refractivity contribution in [3.05, 3.63) is 24.0 Å². The molecule has 0 aromatic carbocycles. The van der Waals surface area contributed by atoms with Gasteiger partial charge in [0.15, 0.2) is 0 Å². The lowest BCUT2D eigenvalue weighted by atomic mass is 10.1. The second kappa shape index (κ2) is 3.31. The molecule has 2 heteroatoms. The SMILES string of the molecule is Cc1ccn(C2CCNCC2)c1. The smallest absolute Gasteiger partial charge is 0.0354 e. The summed E-state index contributed by atoms with van der Waals surface area (Å²) in [5, 5.41) is 3.38. The lowest BCUT2D eigenvalue weighted by molar-refractivity contribution is 0.369. The topological polar surface area (TPSA) is 17.0 Å². The van der Waals surface area contributed by atoms with E-state index in [1.54, 1.807) is 0 Å². The summed E-state index contributed by atoms with van der Waals surface area (Å²) in [7, 11) is 0. The van der Waals surface area contributed by atoms with E-state index in [-0.39, 0.29) is 0 Å². The molecule has 1 fully saturated rings. The molecule has 0 bridgehead atoms. The van der Waals surface area contributed by atoms with Crippen molar-refractivity contribution < 1.29 is 0 Å². The van der Waals surface area contributed by atoms with E-state index in [1.807, 2.05) is 0 Å². The molecule has 1 aliphatic heterocycles. The maximum atomic E-state index is 3.38. The lowest BCUT2D eigenvalue weighted by Gasteiger charge is -2.24. The van der Waals surface area contributed by atoms with Gasteiger partial charge in [-0.25, -0.2) is 0 Å². The summed E-state index contributed by atoms with van der Waals surface area (Å²) in [5.74, 6) is 0. The number of hydrogen-bond acceptors (Lipinski definition) is 1. The van der Waals surface area contributed by atoms with Crippen LogP contribution < -0.4 is 5.32 Å². The predicted octanol–water partition coefficient (Wildman–Crippen LogP) is 1.72. The van der Waals surface area contributed by atoms with E-state index >= 15 is 0 Å². The van der Waals surface area contributed by atoms with Gasteiger partial charge in [0, 0.05) is 18.4 Å². The van der Waals surface area contributed by atoms with Crippen molar-refractivity contribution >= 4 is 0 Å². The van der Waals surface area contributed by atoms with Crippen LogP contribution in [0.4, 0.5) is 0 Å². The maximum absolute atomic E-state index is 3.38. The molecule has 0 atom stereocenters. The molecular formula is C10H16N2. The minimum atomic E-state index is 0.736. The van der Waals surface area contributed by atoms with E-state index in [9.17, 15) is 0 Å². The highest BCUT2D eigenvalue weighted by molar-refractivity contribution is 5.08. The number of rotatable bonds is 1. The van der Waals surface area contributed by atoms with Gasteiger partial charge in [-0.2, -0.15) is 0 Å². The number of hydrogen-bond donors (Lipinski definition) is 1. The predicted molar refractivity (Wildman–Crippen MR) is 50.3 cm³/mol. The van der Waals surface area contributed by atoms with Gasteiger partial charge in [0.25, 0.3) is 0 Å². The average molecular weight is 164 g/mol. The Morgan fingerprint density at radius 2 is 2.17 bits per heavy atom. The Morgan fingerprint density at radius 3 is 2.75 bits per heavy atom. The van der Waals surface area contributed by atoms with Crippen LogP contribution in [0.25, 0.3) is 0 Å². The van der Waals surface area contributed by atoms with Crippen LogP contribution in [-0.2, 0) is 0 Å². The fourth-order valence-electron chi connectivity index (χ4n) is 1.86. The second-order valence-electron chi connectivity index (χ2n) is 3.62. The van der Waals surface area contributed by atoms with E-state index in [1.165, 1.54) is 31.5 Å². The molecule has 2 nitrogen and oxygen atoms in total. The van der Waals surface area contributed by atoms with Crippen LogP contribution in [0, 0.1) is 6.92 Å². The quantitative estimate of drug-likeness (QED) is 0.668. The first-order valence-electron chi connectivity index (χ1n) is 4.71. The monoisotopic (exact) mass is 164 g/mol. The van der Waals surface area contributed by atoms with Gasteiger partial charge < -0.3 is 9.88 Å². The summed E-state index contributed by atoms with van der Waals surface area (Å²) in [6, 6.07) is 2.92. The molecule has 1 aromatic rings. The summed E-state index contributed by atoms with van der Waals surface area (Å²) in [6.07, 6.45) is 6.99. The first-order valence-corrected chi connectivity index (χ1v) is 4.71. The van der Waals surface area contributed by atoms with Crippen LogP contribution in [0.15, 0.2) is 18.5 Å². The van der Waals surface area contributed by atoms with Gasteiger partial charge in [-0.3, -0.25) is 0 Å². The first-order chi connectivity index (χ1) is 5.86. The molecule has 0 unspecified atom stereocenters. The van der Waals surface area contributed by atoms with E-state index in [4.69, 9.17) is 0 Å². The molecule has 0 amide bonds. The molecule has 1 aromatic heterocycles. The van der Waals surface area contributed by atoms with E-state index < -0.39 is 0 Å². The first kappa shape index (κ1) is 7.87. The van der Waals surface area contributed by atoms with E-state index in [0.717, 1.165) is 6.04 Å². The minimum Gasteiger partial charge on any atom is -0.351 e. The minimum absolute atomic E-state index is 0.736. The Labute approximate surface area is 73.6 Å². The van der Waals surface area contributed by atoms with Crippen molar-refractivity contribution in [2.75, 3.05) is 13.1 Å². The Hall–Kier alpha value is -0.760. The van der Waals surface area contributed by atoms with Crippen LogP contribution >= 0.6 is 0 Å². The van der Waals surface area contributed by atoms with Gasteiger partial charge >= 0.3 is 0 Å². The molecule has 1 N–H and O–H groups in total. The van der Waals surface area contributed by atoms with Crippen molar-refractivity contribution in [1.29, 1.82) is 0 Å². The number of aryl methyl sites for hydroxylation is 1. The number of aromatic nitrogens is 1. The zero-order valence-electron chi connectivity index (χ0n) is 7.59. The van der Waals surface area contributed by atoms with Crippen LogP contribution in [0.2, 0.25) is 0 Å². The van der Waals surface area contributed by atoms with Gasteiger partial charge in [-0.1, -0.05) is 0 Å². The van der Waals surface area contributed by atoms with Crippen molar-refractivity contribution in [3.8, 4) is 0 Å². The molecule has 12 heavy (non-hydrogen) atoms. The Bertz CT molecular complexity index is 246. The number of nitrogens with one attached hydrogen (secondary N) is 1. The Kier molecular flexibility index (Phi) is 2.17. The third-order valence-corrected chi connectivity index (χ3v) is 2.59. The number of piperidine rings is 1. The summed E-state index contributed by atoms with van der Waals surface area (Å²) in [4.78, 5) is 0. The van der Waals surface area contributed by atoms with Crippen molar-refractivity contribution in [2.45, 2.75) is 25.8 Å². The molecule has 2 heterocycles. The molecule has 1 aliphatic rings. The largest absolute Gasteiger partial charge is 0.351 e. The average Bonchev–Trinajstić information content (AvgIpc) is 2.54. The van der Waals surface area contributed by atoms with E-state index in [0.29, 0.717) is 0 Å². The van der Waals surface area contributed by atoms with Crippen LogP contribution in [0.5, 0.6) is 0 Å². The van der Waals surface area contributed by atoms with Gasteiger partial charge in [-0.05, 0) is 44.5 Å². The summed E-state index contributed by atoms with van der Waals surface area (Å²) >= 11 is 0. The molecule has 2 rings (SSSR count). The van der Waals surface area contributed by atoms with Crippen molar-refractivity contribution in [2.24, 2.45) is 0 Å². The van der Waals surface area contributed by atoms with Gasteiger partial charge in [0.1, 0.15) is 0 Å². The Balaban J connectivity index is 2.08. The molecule has 66 valence electrons. The molecule has 0 spiro atoms. The van der Waals surface area contributed by atoms with Gasteiger partial charge in [0.05, 0.1) is 0 Å². The lowest BCUT2D eigenvalue weighted by Crippen LogP contribution is -2.28. The zero-order valence-corrected chi connectivity index (χ0v) is 7.59. The molecule has 1 saturated heterocycles. The van der Waals surface area contributed by atoms with Crippen molar-refractivity contribution in [1.82, 2.24) is 9.88 Å². The fourth-order valence-corrected chi connectivity index (χ4v) is 1.86. The third kappa shape index (κ3) is 1.53. The molecular weight excluding hydrogens is 148 g/mol. The highest BCUT2D eigenvalue weighted by Gasteiger charge is 2.13. The standard InChI is InChI=1S/C10H16N2/c1-9-4-7-12(8-9)10-2-5-11-6-3-10/h4,7-8,10-11H,2-3,5-6H2,1H3. The number of nitrogens with zero attached hydrogens (tertiary/aromatic N) is 1. The Morgan fingerprint density at radius 1 is 1.42 bits per heavy atom. The highest BCUT2D eigenvalue weighted by Crippen LogP contribution is 2.18.